The zero-order valence-corrected chi connectivity index (χ0v) is 13.1. The van der Waals surface area contributed by atoms with Gasteiger partial charge in [-0.25, -0.2) is 0 Å². The summed E-state index contributed by atoms with van der Waals surface area (Å²) >= 11 is 5.07. The minimum absolute atomic E-state index is 0.411. The second-order valence-corrected chi connectivity index (χ2v) is 6.44. The number of benzene rings is 1. The number of nitrogens with zero attached hydrogens (tertiary/aromatic N) is 1. The van der Waals surface area contributed by atoms with Crippen LogP contribution >= 0.6 is 27.3 Å². The number of hydrogen-bond acceptors (Lipinski definition) is 3. The number of nitrogens with one attached hydrogen (secondary N) is 1. The lowest BCUT2D eigenvalue weighted by molar-refractivity contribution is 0.549. The molecular formula is C15H15BrN2S. The summed E-state index contributed by atoms with van der Waals surface area (Å²) in [5.41, 5.74) is 2.08. The molecule has 2 rings (SSSR count). The van der Waals surface area contributed by atoms with Crippen molar-refractivity contribution in [3.63, 3.8) is 0 Å². The largest absolute Gasteiger partial charge is 0.309 e. The third-order valence-electron chi connectivity index (χ3n) is 2.86. The van der Waals surface area contributed by atoms with Crippen LogP contribution in [-0.4, -0.2) is 6.04 Å². The van der Waals surface area contributed by atoms with Crippen LogP contribution < -0.4 is 5.32 Å². The molecule has 1 aromatic heterocycles. The molecule has 0 aliphatic rings. The first-order valence-electron chi connectivity index (χ1n) is 6.12. The third kappa shape index (κ3) is 4.46. The summed E-state index contributed by atoms with van der Waals surface area (Å²) in [4.78, 5) is 1.21. The van der Waals surface area contributed by atoms with E-state index < -0.39 is 0 Å². The zero-order chi connectivity index (χ0) is 13.7. The van der Waals surface area contributed by atoms with E-state index in [1.807, 2.05) is 11.4 Å². The molecule has 1 aromatic carbocycles. The van der Waals surface area contributed by atoms with Gasteiger partial charge in [0.05, 0.1) is 5.56 Å². The zero-order valence-electron chi connectivity index (χ0n) is 10.7. The highest BCUT2D eigenvalue weighted by atomic mass is 79.9. The van der Waals surface area contributed by atoms with Gasteiger partial charge in [-0.05, 0) is 37.1 Å². The Morgan fingerprint density at radius 3 is 2.74 bits per heavy atom. The van der Waals surface area contributed by atoms with Gasteiger partial charge in [0.25, 0.3) is 0 Å². The van der Waals surface area contributed by atoms with Crippen LogP contribution in [0.3, 0.4) is 0 Å². The molecule has 1 atom stereocenters. The maximum Gasteiger partial charge on any atom is 0.100 e. The SMILES string of the molecule is CC(Cc1ccc(Br)cc1)NCc1cc(C#N)cs1. The highest BCUT2D eigenvalue weighted by Crippen LogP contribution is 2.15. The standard InChI is InChI=1S/C15H15BrN2S/c1-11(6-12-2-4-14(16)5-3-12)18-9-15-7-13(8-17)10-19-15/h2-5,7,10-11,18H,6,9H2,1H3. The molecule has 0 radical (unpaired) electrons. The molecule has 0 spiro atoms. The number of rotatable bonds is 5. The van der Waals surface area contributed by atoms with E-state index in [2.05, 4.69) is 58.5 Å². The van der Waals surface area contributed by atoms with E-state index in [-0.39, 0.29) is 0 Å². The fourth-order valence-electron chi connectivity index (χ4n) is 1.85. The molecule has 98 valence electrons. The summed E-state index contributed by atoms with van der Waals surface area (Å²) in [6.07, 6.45) is 1.00. The van der Waals surface area contributed by atoms with Crippen molar-refractivity contribution < 1.29 is 0 Å². The van der Waals surface area contributed by atoms with Crippen molar-refractivity contribution in [2.24, 2.45) is 0 Å². The second kappa shape index (κ2) is 6.85. The molecular weight excluding hydrogens is 320 g/mol. The van der Waals surface area contributed by atoms with Gasteiger partial charge >= 0.3 is 0 Å². The van der Waals surface area contributed by atoms with Crippen LogP contribution in [0.5, 0.6) is 0 Å². The molecule has 19 heavy (non-hydrogen) atoms. The fraction of sp³-hybridized carbons (Fsp3) is 0.267. The molecule has 0 bridgehead atoms. The predicted octanol–water partition coefficient (Wildman–Crippen LogP) is 4.10. The van der Waals surface area contributed by atoms with Gasteiger partial charge in [0.15, 0.2) is 0 Å². The minimum atomic E-state index is 0.411. The van der Waals surface area contributed by atoms with Crippen LogP contribution in [0.1, 0.15) is 22.9 Å². The molecule has 0 aliphatic heterocycles. The fourth-order valence-corrected chi connectivity index (χ4v) is 2.88. The maximum absolute atomic E-state index is 8.78. The Morgan fingerprint density at radius 2 is 2.11 bits per heavy atom. The Balaban J connectivity index is 1.83. The summed E-state index contributed by atoms with van der Waals surface area (Å²) in [5.74, 6) is 0. The average molecular weight is 335 g/mol. The van der Waals surface area contributed by atoms with Crippen LogP contribution in [0.4, 0.5) is 0 Å². The van der Waals surface area contributed by atoms with Crippen molar-refractivity contribution in [3.05, 3.63) is 56.2 Å². The molecule has 2 aromatic rings. The van der Waals surface area contributed by atoms with E-state index >= 15 is 0 Å². The Kier molecular flexibility index (Phi) is 5.15. The summed E-state index contributed by atoms with van der Waals surface area (Å²) in [6, 6.07) is 12.9. The van der Waals surface area contributed by atoms with Crippen LogP contribution in [0.2, 0.25) is 0 Å². The Hall–Kier alpha value is -1.15. The third-order valence-corrected chi connectivity index (χ3v) is 4.33. The van der Waals surface area contributed by atoms with Gasteiger partial charge < -0.3 is 5.32 Å². The van der Waals surface area contributed by atoms with Crippen molar-refractivity contribution in [2.75, 3.05) is 0 Å². The number of halogens is 1. The van der Waals surface area contributed by atoms with E-state index in [0.717, 1.165) is 23.0 Å². The lowest BCUT2D eigenvalue weighted by atomic mass is 10.1. The molecule has 0 saturated heterocycles. The molecule has 1 heterocycles. The maximum atomic E-state index is 8.78. The first-order chi connectivity index (χ1) is 9.17. The molecule has 1 unspecified atom stereocenters. The van der Waals surface area contributed by atoms with Crippen molar-refractivity contribution in [1.29, 1.82) is 5.26 Å². The molecule has 1 N–H and O–H groups in total. The molecule has 0 saturated carbocycles. The summed E-state index contributed by atoms with van der Waals surface area (Å²) < 4.78 is 1.11. The van der Waals surface area contributed by atoms with E-state index in [0.29, 0.717) is 6.04 Å². The van der Waals surface area contributed by atoms with E-state index in [9.17, 15) is 0 Å². The highest BCUT2D eigenvalue weighted by Gasteiger charge is 2.05. The first-order valence-corrected chi connectivity index (χ1v) is 7.80. The average Bonchev–Trinajstić information content (AvgIpc) is 2.87. The topological polar surface area (TPSA) is 35.8 Å². The first kappa shape index (κ1) is 14.3. The van der Waals surface area contributed by atoms with Gasteiger partial charge in [0.2, 0.25) is 0 Å². The van der Waals surface area contributed by atoms with E-state index in [4.69, 9.17) is 5.26 Å². The number of thiophene rings is 1. The predicted molar refractivity (Wildman–Crippen MR) is 83.2 cm³/mol. The van der Waals surface area contributed by atoms with Crippen molar-refractivity contribution in [3.8, 4) is 6.07 Å². The van der Waals surface area contributed by atoms with Crippen LogP contribution in [-0.2, 0) is 13.0 Å². The molecule has 4 heteroatoms. The lowest BCUT2D eigenvalue weighted by Crippen LogP contribution is -2.27. The molecule has 2 nitrogen and oxygen atoms in total. The molecule has 0 fully saturated rings. The summed E-state index contributed by atoms with van der Waals surface area (Å²) in [7, 11) is 0. The van der Waals surface area contributed by atoms with Gasteiger partial charge in [-0.3, -0.25) is 0 Å². The summed E-state index contributed by atoms with van der Waals surface area (Å²) in [5, 5.41) is 14.2. The minimum Gasteiger partial charge on any atom is -0.309 e. The van der Waals surface area contributed by atoms with Crippen molar-refractivity contribution in [1.82, 2.24) is 5.32 Å². The van der Waals surface area contributed by atoms with Crippen molar-refractivity contribution >= 4 is 27.3 Å². The monoisotopic (exact) mass is 334 g/mol. The molecule has 0 aliphatic carbocycles. The Labute approximate surface area is 126 Å². The Morgan fingerprint density at radius 1 is 1.37 bits per heavy atom. The highest BCUT2D eigenvalue weighted by molar-refractivity contribution is 9.10. The quantitative estimate of drug-likeness (QED) is 0.893. The van der Waals surface area contributed by atoms with E-state index in [1.165, 1.54) is 10.4 Å². The normalized spacial score (nSPS) is 12.1. The summed E-state index contributed by atoms with van der Waals surface area (Å²) in [6.45, 7) is 3.00. The van der Waals surface area contributed by atoms with Gasteiger partial charge in [-0.2, -0.15) is 5.26 Å². The van der Waals surface area contributed by atoms with Gasteiger partial charge in [0.1, 0.15) is 6.07 Å². The van der Waals surface area contributed by atoms with E-state index in [1.54, 1.807) is 11.3 Å². The lowest BCUT2D eigenvalue weighted by Gasteiger charge is -2.13. The second-order valence-electron chi connectivity index (χ2n) is 4.53. The number of nitriles is 1. The van der Waals surface area contributed by atoms with Gasteiger partial charge in [-0.15, -0.1) is 11.3 Å². The smallest absolute Gasteiger partial charge is 0.100 e. The molecule has 0 amide bonds. The number of hydrogen-bond donors (Lipinski definition) is 1. The Bertz CT molecular complexity index is 569. The van der Waals surface area contributed by atoms with Crippen LogP contribution in [0, 0.1) is 11.3 Å². The van der Waals surface area contributed by atoms with Gasteiger partial charge in [-0.1, -0.05) is 28.1 Å². The van der Waals surface area contributed by atoms with Crippen LogP contribution in [0.25, 0.3) is 0 Å². The van der Waals surface area contributed by atoms with Crippen molar-refractivity contribution in [2.45, 2.75) is 25.9 Å². The van der Waals surface area contributed by atoms with Gasteiger partial charge in [0, 0.05) is 27.3 Å². The van der Waals surface area contributed by atoms with Crippen LogP contribution in [0.15, 0.2) is 40.2 Å².